The van der Waals surface area contributed by atoms with Crippen molar-refractivity contribution in [3.8, 4) is 0 Å². The molecule has 1 amide bonds. The number of non-ortho nitro benzene ring substituents is 1. The molecule has 9 nitrogen and oxygen atoms in total. The second-order valence-electron chi connectivity index (χ2n) is 6.72. The third-order valence-electron chi connectivity index (χ3n) is 4.54. The molecule has 0 spiro atoms. The highest BCUT2D eigenvalue weighted by Crippen LogP contribution is 2.30. The minimum Gasteiger partial charge on any atom is -0.324 e. The summed E-state index contributed by atoms with van der Waals surface area (Å²) < 4.78 is 27.8. The van der Waals surface area contributed by atoms with Crippen LogP contribution in [0.4, 0.5) is 11.4 Å². The third kappa shape index (κ3) is 4.70. The summed E-state index contributed by atoms with van der Waals surface area (Å²) in [6.45, 7) is 0. The molecule has 0 fully saturated rings. The predicted octanol–water partition coefficient (Wildman–Crippen LogP) is 4.57. The minimum absolute atomic E-state index is 0.0152. The molecule has 4 aromatic rings. The maximum Gasteiger partial charge on any atom is 0.271 e. The van der Waals surface area contributed by atoms with Gasteiger partial charge in [0.05, 0.1) is 37.3 Å². The van der Waals surface area contributed by atoms with Crippen molar-refractivity contribution < 1.29 is 18.1 Å². The Morgan fingerprint density at radius 2 is 1.79 bits per heavy atom. The van der Waals surface area contributed by atoms with Gasteiger partial charge in [0.1, 0.15) is 0 Å². The zero-order valence-electron chi connectivity index (χ0n) is 16.7. The molecule has 4 rings (SSSR count). The van der Waals surface area contributed by atoms with Gasteiger partial charge in [0.15, 0.2) is 5.16 Å². The predicted molar refractivity (Wildman–Crippen MR) is 126 cm³/mol. The average molecular weight is 503 g/mol. The van der Waals surface area contributed by atoms with Crippen molar-refractivity contribution in [2.24, 2.45) is 0 Å². The van der Waals surface area contributed by atoms with E-state index in [9.17, 15) is 23.3 Å². The SMILES string of the molecule is O=C(CSc1nc2ccccc2n1S(=O)(=O)c1ccccc1)Nc1ccc([N+](=O)[O-])cc1Cl. The number of hydrogen-bond donors (Lipinski definition) is 1. The number of nitrogens with zero attached hydrogens (tertiary/aromatic N) is 3. The van der Waals surface area contributed by atoms with Crippen LogP contribution < -0.4 is 5.32 Å². The van der Waals surface area contributed by atoms with Crippen molar-refractivity contribution in [3.63, 3.8) is 0 Å². The summed E-state index contributed by atoms with van der Waals surface area (Å²) in [6.07, 6.45) is 0. The fraction of sp³-hybridized carbons (Fsp3) is 0.0476. The Labute approximate surface area is 197 Å². The van der Waals surface area contributed by atoms with Crippen molar-refractivity contribution in [3.05, 3.63) is 87.9 Å². The van der Waals surface area contributed by atoms with Crippen molar-refractivity contribution in [1.82, 2.24) is 8.96 Å². The maximum atomic E-state index is 13.3. The molecule has 12 heteroatoms. The monoisotopic (exact) mass is 502 g/mol. The zero-order chi connectivity index (χ0) is 23.6. The molecule has 0 atom stereocenters. The van der Waals surface area contributed by atoms with Crippen LogP contribution in [0.1, 0.15) is 0 Å². The number of hydrogen-bond acceptors (Lipinski definition) is 7. The van der Waals surface area contributed by atoms with Gasteiger partial charge in [-0.05, 0) is 30.3 Å². The number of nitrogens with one attached hydrogen (secondary N) is 1. The maximum absolute atomic E-state index is 13.3. The van der Waals surface area contributed by atoms with E-state index < -0.39 is 20.9 Å². The Kier molecular flexibility index (Phi) is 6.36. The van der Waals surface area contributed by atoms with Crippen LogP contribution in [0.5, 0.6) is 0 Å². The molecule has 0 aliphatic rings. The molecule has 0 radical (unpaired) electrons. The van der Waals surface area contributed by atoms with E-state index in [4.69, 9.17) is 11.6 Å². The quantitative estimate of drug-likeness (QED) is 0.223. The van der Waals surface area contributed by atoms with Crippen LogP contribution in [-0.4, -0.2) is 34.0 Å². The van der Waals surface area contributed by atoms with Crippen LogP contribution >= 0.6 is 23.4 Å². The van der Waals surface area contributed by atoms with Crippen molar-refractivity contribution in [1.29, 1.82) is 0 Å². The number of nitro groups is 1. The molecule has 0 aliphatic carbocycles. The first kappa shape index (κ1) is 22.8. The molecule has 0 saturated heterocycles. The van der Waals surface area contributed by atoms with Gasteiger partial charge in [0, 0.05) is 12.1 Å². The second kappa shape index (κ2) is 9.22. The van der Waals surface area contributed by atoms with E-state index >= 15 is 0 Å². The van der Waals surface area contributed by atoms with Crippen molar-refractivity contribution in [2.75, 3.05) is 11.1 Å². The van der Waals surface area contributed by atoms with Gasteiger partial charge in [-0.3, -0.25) is 14.9 Å². The summed E-state index contributed by atoms with van der Waals surface area (Å²) in [5.74, 6) is -0.646. The van der Waals surface area contributed by atoms with Gasteiger partial charge in [0.25, 0.3) is 15.7 Å². The highest BCUT2D eigenvalue weighted by atomic mass is 35.5. The average Bonchev–Trinajstić information content (AvgIpc) is 3.19. The zero-order valence-corrected chi connectivity index (χ0v) is 19.1. The highest BCUT2D eigenvalue weighted by Gasteiger charge is 2.25. The van der Waals surface area contributed by atoms with Crippen LogP contribution in [0.2, 0.25) is 5.02 Å². The largest absolute Gasteiger partial charge is 0.324 e. The second-order valence-corrected chi connectivity index (χ2v) is 9.86. The molecule has 33 heavy (non-hydrogen) atoms. The Morgan fingerprint density at radius 3 is 2.48 bits per heavy atom. The van der Waals surface area contributed by atoms with Crippen LogP contribution in [0.25, 0.3) is 11.0 Å². The van der Waals surface area contributed by atoms with Crippen molar-refractivity contribution >= 4 is 61.7 Å². The van der Waals surface area contributed by atoms with E-state index in [1.165, 1.54) is 24.3 Å². The molecule has 3 aromatic carbocycles. The Morgan fingerprint density at radius 1 is 1.09 bits per heavy atom. The number of fused-ring (bicyclic) bond motifs is 1. The molecule has 1 heterocycles. The number of rotatable bonds is 7. The van der Waals surface area contributed by atoms with E-state index in [1.807, 2.05) is 0 Å². The van der Waals surface area contributed by atoms with Gasteiger partial charge >= 0.3 is 0 Å². The van der Waals surface area contributed by atoms with Gasteiger partial charge in [-0.2, -0.15) is 0 Å². The molecule has 0 saturated carbocycles. The Bertz CT molecular complexity index is 1470. The molecule has 168 valence electrons. The van der Waals surface area contributed by atoms with E-state index in [1.54, 1.807) is 42.5 Å². The standard InChI is InChI=1S/C21H15ClN4O5S2/c22-16-12-14(26(28)29)10-11-17(16)23-20(27)13-32-21-24-18-8-4-5-9-19(18)25(21)33(30,31)15-6-2-1-3-7-15/h1-12H,13H2,(H,23,27). The first-order valence-corrected chi connectivity index (χ1v) is 12.2. The van der Waals surface area contributed by atoms with Gasteiger partial charge in [-0.1, -0.05) is 53.7 Å². The summed E-state index contributed by atoms with van der Waals surface area (Å²) in [7, 11) is -3.96. The number of halogens is 1. The number of amides is 1. The van der Waals surface area contributed by atoms with Crippen molar-refractivity contribution in [2.45, 2.75) is 10.1 Å². The number of carbonyl (C=O) groups is 1. The van der Waals surface area contributed by atoms with Gasteiger partial charge in [0.2, 0.25) is 5.91 Å². The first-order chi connectivity index (χ1) is 15.8. The van der Waals surface area contributed by atoms with E-state index in [0.29, 0.717) is 11.0 Å². The third-order valence-corrected chi connectivity index (χ3v) is 7.63. The summed E-state index contributed by atoms with van der Waals surface area (Å²) in [5.41, 5.74) is 0.867. The number of para-hydroxylation sites is 2. The smallest absolute Gasteiger partial charge is 0.271 e. The number of nitro benzene ring substituents is 1. The number of benzene rings is 3. The molecule has 1 N–H and O–H groups in total. The van der Waals surface area contributed by atoms with Crippen LogP contribution in [0, 0.1) is 10.1 Å². The first-order valence-electron chi connectivity index (χ1n) is 9.42. The topological polar surface area (TPSA) is 124 Å². The number of imidazole rings is 1. The summed E-state index contributed by atoms with van der Waals surface area (Å²) in [6, 6.07) is 18.4. The molecule has 0 unspecified atom stereocenters. The molecule has 1 aromatic heterocycles. The summed E-state index contributed by atoms with van der Waals surface area (Å²) in [5, 5.41) is 13.5. The summed E-state index contributed by atoms with van der Waals surface area (Å²) in [4.78, 5) is 27.2. The van der Waals surface area contributed by atoms with E-state index in [2.05, 4.69) is 10.3 Å². The number of anilines is 1. The minimum atomic E-state index is -3.96. The van der Waals surface area contributed by atoms with E-state index in [-0.39, 0.29) is 32.2 Å². The van der Waals surface area contributed by atoms with E-state index in [0.717, 1.165) is 21.8 Å². The van der Waals surface area contributed by atoms with Crippen LogP contribution in [0.3, 0.4) is 0 Å². The number of carbonyl (C=O) groups excluding carboxylic acids is 1. The summed E-state index contributed by atoms with van der Waals surface area (Å²) >= 11 is 6.96. The van der Waals surface area contributed by atoms with Gasteiger partial charge < -0.3 is 5.32 Å². The lowest BCUT2D eigenvalue weighted by atomic mass is 10.3. The lowest BCUT2D eigenvalue weighted by Crippen LogP contribution is -2.17. The number of thioether (sulfide) groups is 1. The van der Waals surface area contributed by atoms with Crippen LogP contribution in [0.15, 0.2) is 82.8 Å². The lowest BCUT2D eigenvalue weighted by Gasteiger charge is -2.11. The van der Waals surface area contributed by atoms with Gasteiger partial charge in [-0.25, -0.2) is 17.4 Å². The fourth-order valence-electron chi connectivity index (χ4n) is 3.04. The van der Waals surface area contributed by atoms with Gasteiger partial charge in [-0.15, -0.1) is 0 Å². The normalized spacial score (nSPS) is 11.4. The Balaban J connectivity index is 1.60. The van der Waals surface area contributed by atoms with Crippen LogP contribution in [-0.2, 0) is 14.8 Å². The molecule has 0 aliphatic heterocycles. The lowest BCUT2D eigenvalue weighted by molar-refractivity contribution is -0.384. The highest BCUT2D eigenvalue weighted by molar-refractivity contribution is 8.00. The molecular weight excluding hydrogens is 488 g/mol. The molecule has 0 bridgehead atoms. The Hall–Kier alpha value is -3.41. The molecular formula is C21H15ClN4O5S2. The number of aromatic nitrogens is 2. The fourth-order valence-corrected chi connectivity index (χ4v) is 5.80.